The van der Waals surface area contributed by atoms with E-state index >= 15 is 0 Å². The minimum absolute atomic E-state index is 0.134. The first-order valence-corrected chi connectivity index (χ1v) is 6.28. The first kappa shape index (κ1) is 12.8. The molecule has 1 heterocycles. The van der Waals surface area contributed by atoms with Crippen LogP contribution in [0.1, 0.15) is 20.3 Å². The highest BCUT2D eigenvalue weighted by Crippen LogP contribution is 2.21. The Balaban J connectivity index is 2.00. The quantitative estimate of drug-likeness (QED) is 0.879. The number of rotatable bonds is 5. The first-order valence-electron chi connectivity index (χ1n) is 6.28. The summed E-state index contributed by atoms with van der Waals surface area (Å²) in [4.78, 5) is 4.31. The maximum absolute atomic E-state index is 5.76. The highest BCUT2D eigenvalue weighted by molar-refractivity contribution is 5.79. The molecule has 3 nitrogen and oxygen atoms in total. The number of nitrogens with zero attached hydrogens (tertiary/aromatic N) is 1. The van der Waals surface area contributed by atoms with Crippen LogP contribution in [0.15, 0.2) is 36.5 Å². The Hall–Kier alpha value is -1.61. The van der Waals surface area contributed by atoms with Crippen molar-refractivity contribution >= 4 is 10.9 Å². The summed E-state index contributed by atoms with van der Waals surface area (Å²) < 4.78 is 5.76. The minimum Gasteiger partial charge on any atom is -0.493 e. The van der Waals surface area contributed by atoms with E-state index in [9.17, 15) is 0 Å². The Morgan fingerprint density at radius 1 is 1.28 bits per heavy atom. The molecular formula is C15H20N2O. The summed E-state index contributed by atoms with van der Waals surface area (Å²) in [6, 6.07) is 9.98. The molecule has 1 aromatic heterocycles. The first-order chi connectivity index (χ1) is 8.61. The van der Waals surface area contributed by atoms with Gasteiger partial charge in [-0.05, 0) is 36.6 Å². The fourth-order valence-electron chi connectivity index (χ4n) is 1.68. The molecule has 0 amide bonds. The monoisotopic (exact) mass is 244 g/mol. The summed E-state index contributed by atoms with van der Waals surface area (Å²) in [6.07, 6.45) is 2.74. The molecule has 0 aliphatic heterocycles. The number of benzene rings is 1. The van der Waals surface area contributed by atoms with Crippen molar-refractivity contribution < 1.29 is 4.74 Å². The van der Waals surface area contributed by atoms with E-state index in [1.165, 1.54) is 0 Å². The van der Waals surface area contributed by atoms with E-state index in [0.717, 1.165) is 23.1 Å². The van der Waals surface area contributed by atoms with E-state index in [0.29, 0.717) is 13.2 Å². The van der Waals surface area contributed by atoms with Crippen LogP contribution in [0.3, 0.4) is 0 Å². The van der Waals surface area contributed by atoms with E-state index in [1.807, 2.05) is 30.3 Å². The Labute approximate surface area is 108 Å². The average Bonchev–Trinajstić information content (AvgIpc) is 2.38. The van der Waals surface area contributed by atoms with Crippen molar-refractivity contribution in [3.8, 4) is 5.75 Å². The van der Waals surface area contributed by atoms with Crippen molar-refractivity contribution in [2.75, 3.05) is 13.2 Å². The van der Waals surface area contributed by atoms with E-state index in [4.69, 9.17) is 10.5 Å². The zero-order valence-corrected chi connectivity index (χ0v) is 11.0. The van der Waals surface area contributed by atoms with Crippen LogP contribution in [-0.2, 0) is 0 Å². The van der Waals surface area contributed by atoms with E-state index < -0.39 is 0 Å². The molecule has 0 aliphatic rings. The largest absolute Gasteiger partial charge is 0.493 e. The molecule has 96 valence electrons. The van der Waals surface area contributed by atoms with Crippen molar-refractivity contribution in [1.82, 2.24) is 4.98 Å². The zero-order chi connectivity index (χ0) is 13.0. The lowest BCUT2D eigenvalue weighted by Gasteiger charge is -2.22. The second kappa shape index (κ2) is 5.36. The molecule has 0 radical (unpaired) electrons. The summed E-state index contributed by atoms with van der Waals surface area (Å²) >= 11 is 0. The van der Waals surface area contributed by atoms with Crippen LogP contribution in [-0.4, -0.2) is 18.1 Å². The fraction of sp³-hybridized carbons (Fsp3) is 0.400. The molecule has 0 atom stereocenters. The number of hydrogen-bond donors (Lipinski definition) is 1. The van der Waals surface area contributed by atoms with E-state index in [1.54, 1.807) is 6.20 Å². The second-order valence-electron chi connectivity index (χ2n) is 5.32. The lowest BCUT2D eigenvalue weighted by atomic mass is 9.90. The molecule has 2 aromatic rings. The van der Waals surface area contributed by atoms with Gasteiger partial charge in [-0.1, -0.05) is 19.9 Å². The molecule has 0 unspecified atom stereocenters. The number of hydrogen-bond acceptors (Lipinski definition) is 3. The van der Waals surface area contributed by atoms with Gasteiger partial charge in [-0.25, -0.2) is 0 Å². The molecule has 18 heavy (non-hydrogen) atoms. The van der Waals surface area contributed by atoms with E-state index in [2.05, 4.69) is 18.8 Å². The van der Waals surface area contributed by atoms with Crippen molar-refractivity contribution in [3.63, 3.8) is 0 Å². The summed E-state index contributed by atoms with van der Waals surface area (Å²) in [7, 11) is 0. The SMILES string of the molecule is CC(C)(CN)CCOc1ccc2cccnc2c1. The lowest BCUT2D eigenvalue weighted by Crippen LogP contribution is -2.25. The number of aromatic nitrogens is 1. The van der Waals surface area contributed by atoms with Gasteiger partial charge in [0.05, 0.1) is 12.1 Å². The maximum atomic E-state index is 5.76. The summed E-state index contributed by atoms with van der Waals surface area (Å²) in [5, 5.41) is 1.13. The summed E-state index contributed by atoms with van der Waals surface area (Å²) in [5.74, 6) is 0.869. The Bertz CT molecular complexity index is 523. The van der Waals surface area contributed by atoms with Gasteiger partial charge >= 0.3 is 0 Å². The maximum Gasteiger partial charge on any atom is 0.121 e. The number of pyridine rings is 1. The molecule has 2 N–H and O–H groups in total. The van der Waals surface area contributed by atoms with Crippen molar-refractivity contribution in [2.24, 2.45) is 11.1 Å². The average molecular weight is 244 g/mol. The van der Waals surface area contributed by atoms with Gasteiger partial charge in [-0.3, -0.25) is 4.98 Å². The highest BCUT2D eigenvalue weighted by Gasteiger charge is 2.15. The van der Waals surface area contributed by atoms with E-state index in [-0.39, 0.29) is 5.41 Å². The number of fused-ring (bicyclic) bond motifs is 1. The fourth-order valence-corrected chi connectivity index (χ4v) is 1.68. The Morgan fingerprint density at radius 3 is 2.89 bits per heavy atom. The van der Waals surface area contributed by atoms with Gasteiger partial charge in [0.2, 0.25) is 0 Å². The molecule has 0 spiro atoms. The van der Waals surface area contributed by atoms with Gasteiger partial charge in [-0.2, -0.15) is 0 Å². The van der Waals surface area contributed by atoms with Gasteiger partial charge < -0.3 is 10.5 Å². The smallest absolute Gasteiger partial charge is 0.121 e. The summed E-state index contributed by atoms with van der Waals surface area (Å²) in [5.41, 5.74) is 6.79. The van der Waals surface area contributed by atoms with Crippen molar-refractivity contribution in [2.45, 2.75) is 20.3 Å². The van der Waals surface area contributed by atoms with Crippen LogP contribution in [0.5, 0.6) is 5.75 Å². The van der Waals surface area contributed by atoms with Crippen LogP contribution in [0.4, 0.5) is 0 Å². The van der Waals surface area contributed by atoms with Crippen LogP contribution in [0.25, 0.3) is 10.9 Å². The lowest BCUT2D eigenvalue weighted by molar-refractivity contribution is 0.233. The zero-order valence-electron chi connectivity index (χ0n) is 11.0. The van der Waals surface area contributed by atoms with Crippen molar-refractivity contribution in [3.05, 3.63) is 36.5 Å². The predicted octanol–water partition coefficient (Wildman–Crippen LogP) is 2.99. The normalized spacial score (nSPS) is 11.7. The third kappa shape index (κ3) is 3.20. The molecule has 2 rings (SSSR count). The molecule has 0 saturated heterocycles. The standard InChI is InChI=1S/C15H20N2O/c1-15(2,11-16)7-9-18-13-6-5-12-4-3-8-17-14(12)10-13/h3-6,8,10H,7,9,11,16H2,1-2H3. The number of nitrogens with two attached hydrogens (primary N) is 1. The molecule has 0 aliphatic carbocycles. The number of ether oxygens (including phenoxy) is 1. The molecule has 0 saturated carbocycles. The van der Waals surface area contributed by atoms with Crippen LogP contribution in [0, 0.1) is 5.41 Å². The molecule has 0 fully saturated rings. The topological polar surface area (TPSA) is 48.1 Å². The molecule has 0 bridgehead atoms. The van der Waals surface area contributed by atoms with Gasteiger partial charge in [0.15, 0.2) is 0 Å². The van der Waals surface area contributed by atoms with Crippen molar-refractivity contribution in [1.29, 1.82) is 0 Å². The van der Waals surface area contributed by atoms with Crippen LogP contribution >= 0.6 is 0 Å². The third-order valence-corrected chi connectivity index (χ3v) is 3.18. The van der Waals surface area contributed by atoms with Crippen LogP contribution in [0.2, 0.25) is 0 Å². The highest BCUT2D eigenvalue weighted by atomic mass is 16.5. The second-order valence-corrected chi connectivity index (χ2v) is 5.32. The predicted molar refractivity (Wildman–Crippen MR) is 74.7 cm³/mol. The molecule has 1 aromatic carbocycles. The van der Waals surface area contributed by atoms with Gasteiger partial charge in [-0.15, -0.1) is 0 Å². The Morgan fingerprint density at radius 2 is 2.11 bits per heavy atom. The molecular weight excluding hydrogens is 224 g/mol. The summed E-state index contributed by atoms with van der Waals surface area (Å²) in [6.45, 7) is 5.66. The van der Waals surface area contributed by atoms with Gasteiger partial charge in [0, 0.05) is 17.6 Å². The Kier molecular flexibility index (Phi) is 3.82. The van der Waals surface area contributed by atoms with Gasteiger partial charge in [0.25, 0.3) is 0 Å². The third-order valence-electron chi connectivity index (χ3n) is 3.18. The van der Waals surface area contributed by atoms with Crippen LogP contribution < -0.4 is 10.5 Å². The minimum atomic E-state index is 0.134. The molecule has 3 heteroatoms. The van der Waals surface area contributed by atoms with Gasteiger partial charge in [0.1, 0.15) is 5.75 Å².